The summed E-state index contributed by atoms with van der Waals surface area (Å²) in [4.78, 5) is 37.3. The number of alkyl halides is 2. The Hall–Kier alpha value is -1.47. The highest BCUT2D eigenvalue weighted by atomic mass is 35.5. The topological polar surface area (TPSA) is 76.2 Å². The number of rotatable bonds is 4. The van der Waals surface area contributed by atoms with Crippen LogP contribution in [0, 0.1) is 0 Å². The molecule has 0 aliphatic carbocycles. The zero-order valence-corrected chi connectivity index (χ0v) is 13.3. The molecule has 2 amide bonds. The van der Waals surface area contributed by atoms with Crippen LogP contribution in [0.25, 0.3) is 0 Å². The molecule has 0 spiro atoms. The zero-order valence-electron chi connectivity index (χ0n) is 11.8. The van der Waals surface area contributed by atoms with E-state index in [4.69, 9.17) is 32.7 Å². The lowest BCUT2D eigenvalue weighted by Crippen LogP contribution is -2.46. The maximum Gasteiger partial charge on any atom is 0.417 e. The number of ether oxygens (including phenoxy) is 2. The maximum absolute atomic E-state index is 11.9. The Morgan fingerprint density at radius 1 is 1.05 bits per heavy atom. The molecule has 1 heterocycles. The van der Waals surface area contributed by atoms with Crippen LogP contribution in [0.3, 0.4) is 0 Å². The van der Waals surface area contributed by atoms with Crippen LogP contribution in [-0.4, -0.2) is 45.1 Å². The van der Waals surface area contributed by atoms with Gasteiger partial charge in [-0.25, -0.2) is 9.59 Å². The van der Waals surface area contributed by atoms with E-state index >= 15 is 0 Å². The fourth-order valence-corrected chi connectivity index (χ4v) is 1.85. The van der Waals surface area contributed by atoms with Crippen molar-refractivity contribution in [2.75, 3.05) is 0 Å². The summed E-state index contributed by atoms with van der Waals surface area (Å²) in [6, 6.07) is 0. The predicted octanol–water partition coefficient (Wildman–Crippen LogP) is 2.82. The first-order chi connectivity index (χ1) is 9.72. The Labute approximate surface area is 132 Å². The number of nitrogens with zero attached hydrogens (tertiary/aromatic N) is 2. The summed E-state index contributed by atoms with van der Waals surface area (Å²) in [7, 11) is 0. The van der Waals surface area contributed by atoms with E-state index in [2.05, 4.69) is 0 Å². The molecule has 1 aliphatic heterocycles. The highest BCUT2D eigenvalue weighted by Crippen LogP contribution is 2.22. The van der Waals surface area contributed by atoms with Gasteiger partial charge in [0.05, 0.1) is 0 Å². The summed E-state index contributed by atoms with van der Waals surface area (Å²) < 4.78 is 9.68. The van der Waals surface area contributed by atoms with Gasteiger partial charge in [-0.3, -0.25) is 14.6 Å². The molecule has 9 heteroatoms. The summed E-state index contributed by atoms with van der Waals surface area (Å²) in [5, 5.41) is 0. The van der Waals surface area contributed by atoms with Gasteiger partial charge in [0.2, 0.25) is 0 Å². The molecule has 1 aliphatic rings. The number of halogens is 2. The Kier molecular flexibility index (Phi) is 6.29. The van der Waals surface area contributed by atoms with Gasteiger partial charge in [0.25, 0.3) is 0 Å². The zero-order chi connectivity index (χ0) is 16.2. The standard InChI is InChI=1S/C12H16Cl2N2O5/c1-7(17)6-10-15(11(18)20-8(2)13)4-5-16(10)12(19)21-9(3)14/h4-5,8-10H,6H2,1-3H3. The molecule has 2 unspecified atom stereocenters. The second-order valence-electron chi connectivity index (χ2n) is 4.35. The van der Waals surface area contributed by atoms with Crippen LogP contribution >= 0.6 is 23.2 Å². The van der Waals surface area contributed by atoms with E-state index in [1.165, 1.54) is 33.2 Å². The highest BCUT2D eigenvalue weighted by molar-refractivity contribution is 6.20. The number of carbonyl (C=O) groups excluding carboxylic acids is 3. The van der Waals surface area contributed by atoms with E-state index in [1.807, 2.05) is 0 Å². The van der Waals surface area contributed by atoms with E-state index < -0.39 is 29.5 Å². The molecular formula is C12H16Cl2N2O5. The molecule has 0 N–H and O–H groups in total. The quantitative estimate of drug-likeness (QED) is 0.736. The summed E-state index contributed by atoms with van der Waals surface area (Å²) in [6.07, 6.45) is 0.145. The number of carbonyl (C=O) groups is 3. The average Bonchev–Trinajstić information content (AvgIpc) is 2.69. The van der Waals surface area contributed by atoms with E-state index in [0.29, 0.717) is 0 Å². The minimum absolute atomic E-state index is 0.0788. The lowest BCUT2D eigenvalue weighted by atomic mass is 10.2. The van der Waals surface area contributed by atoms with Gasteiger partial charge in [-0.15, -0.1) is 0 Å². The molecule has 0 aromatic heterocycles. The van der Waals surface area contributed by atoms with E-state index in [-0.39, 0.29) is 12.2 Å². The molecule has 1 rings (SSSR count). The van der Waals surface area contributed by atoms with Gasteiger partial charge in [-0.05, 0) is 20.8 Å². The second kappa shape index (κ2) is 7.51. The van der Waals surface area contributed by atoms with Crippen LogP contribution < -0.4 is 0 Å². The lowest BCUT2D eigenvalue weighted by Gasteiger charge is -2.28. The molecule has 0 saturated carbocycles. The Morgan fingerprint density at radius 3 is 1.71 bits per heavy atom. The molecule has 0 radical (unpaired) electrons. The monoisotopic (exact) mass is 338 g/mol. The van der Waals surface area contributed by atoms with Gasteiger partial charge in [0.1, 0.15) is 11.9 Å². The largest absolute Gasteiger partial charge is 0.430 e. The predicted molar refractivity (Wildman–Crippen MR) is 75.5 cm³/mol. The van der Waals surface area contributed by atoms with E-state index in [9.17, 15) is 14.4 Å². The summed E-state index contributed by atoms with van der Waals surface area (Å²) in [5.41, 5.74) is -1.68. The fourth-order valence-electron chi connectivity index (χ4n) is 1.69. The van der Waals surface area contributed by atoms with Gasteiger partial charge < -0.3 is 9.47 Å². The molecule has 0 aromatic carbocycles. The highest BCUT2D eigenvalue weighted by Gasteiger charge is 2.37. The number of hydrogen-bond acceptors (Lipinski definition) is 5. The molecule has 118 valence electrons. The first kappa shape index (κ1) is 17.6. The second-order valence-corrected chi connectivity index (χ2v) is 5.58. The van der Waals surface area contributed by atoms with Crippen molar-refractivity contribution in [3.05, 3.63) is 12.4 Å². The average molecular weight is 339 g/mol. The van der Waals surface area contributed by atoms with Gasteiger partial charge in [-0.1, -0.05) is 23.2 Å². The van der Waals surface area contributed by atoms with Crippen LogP contribution in [0.1, 0.15) is 27.2 Å². The SMILES string of the molecule is CC(=O)CC1N(C(=O)OC(C)Cl)C=CN1C(=O)OC(C)Cl. The smallest absolute Gasteiger partial charge is 0.417 e. The van der Waals surface area contributed by atoms with Crippen LogP contribution in [0.15, 0.2) is 12.4 Å². The molecule has 7 nitrogen and oxygen atoms in total. The van der Waals surface area contributed by atoms with Crippen LogP contribution in [0.2, 0.25) is 0 Å². The number of hydrogen-bond donors (Lipinski definition) is 0. The van der Waals surface area contributed by atoms with E-state index in [1.54, 1.807) is 0 Å². The minimum Gasteiger partial charge on any atom is -0.430 e. The van der Waals surface area contributed by atoms with Crippen molar-refractivity contribution in [2.24, 2.45) is 0 Å². The third kappa shape index (κ3) is 5.09. The Bertz CT molecular complexity index is 421. The lowest BCUT2D eigenvalue weighted by molar-refractivity contribution is -0.118. The molecule has 2 atom stereocenters. The summed E-state index contributed by atoms with van der Waals surface area (Å²) >= 11 is 11.2. The molecule has 0 fully saturated rings. The molecule has 0 aromatic rings. The van der Waals surface area contributed by atoms with Crippen LogP contribution in [0.5, 0.6) is 0 Å². The minimum atomic E-state index is -0.867. The first-order valence-electron chi connectivity index (χ1n) is 6.16. The van der Waals surface area contributed by atoms with Crippen molar-refractivity contribution in [3.8, 4) is 0 Å². The van der Waals surface area contributed by atoms with Crippen molar-refractivity contribution in [1.29, 1.82) is 0 Å². The summed E-state index contributed by atoms with van der Waals surface area (Å²) in [6.45, 7) is 4.29. The van der Waals surface area contributed by atoms with Crippen LogP contribution in [-0.2, 0) is 14.3 Å². The van der Waals surface area contributed by atoms with Crippen LogP contribution in [0.4, 0.5) is 9.59 Å². The van der Waals surface area contributed by atoms with Crippen molar-refractivity contribution in [1.82, 2.24) is 9.80 Å². The van der Waals surface area contributed by atoms with Crippen molar-refractivity contribution in [2.45, 2.75) is 44.5 Å². The Morgan fingerprint density at radius 2 is 1.43 bits per heavy atom. The van der Waals surface area contributed by atoms with Crippen molar-refractivity contribution in [3.63, 3.8) is 0 Å². The van der Waals surface area contributed by atoms with Crippen molar-refractivity contribution >= 4 is 41.2 Å². The molecule has 0 bridgehead atoms. The fraction of sp³-hybridized carbons (Fsp3) is 0.583. The number of ketones is 1. The third-order valence-corrected chi connectivity index (χ3v) is 2.63. The van der Waals surface area contributed by atoms with Gasteiger partial charge >= 0.3 is 12.2 Å². The molecular weight excluding hydrogens is 323 g/mol. The number of Topliss-reactive ketones (excluding diaryl/α,β-unsaturated/α-hetero) is 1. The van der Waals surface area contributed by atoms with Gasteiger partial charge in [0.15, 0.2) is 11.1 Å². The van der Waals surface area contributed by atoms with E-state index in [0.717, 1.165) is 9.80 Å². The van der Waals surface area contributed by atoms with Gasteiger partial charge in [0, 0.05) is 18.8 Å². The third-order valence-electron chi connectivity index (χ3n) is 2.45. The van der Waals surface area contributed by atoms with Crippen molar-refractivity contribution < 1.29 is 23.9 Å². The summed E-state index contributed by atoms with van der Waals surface area (Å²) in [5.74, 6) is -0.211. The normalized spacial score (nSPS) is 20.1. The Balaban J connectivity index is 2.87. The number of amides is 2. The van der Waals surface area contributed by atoms with Gasteiger partial charge in [-0.2, -0.15) is 0 Å². The molecule has 21 heavy (non-hydrogen) atoms. The first-order valence-corrected chi connectivity index (χ1v) is 7.03. The maximum atomic E-state index is 11.9. The molecule has 0 saturated heterocycles.